The van der Waals surface area contributed by atoms with E-state index in [1.807, 2.05) is 50.8 Å². The summed E-state index contributed by atoms with van der Waals surface area (Å²) in [6.45, 7) is 14.3. The van der Waals surface area contributed by atoms with Gasteiger partial charge in [0, 0.05) is 31.5 Å². The minimum absolute atomic E-state index is 0.0327. The van der Waals surface area contributed by atoms with Crippen LogP contribution in [0.2, 0.25) is 0 Å². The van der Waals surface area contributed by atoms with Gasteiger partial charge < -0.3 is 19.7 Å². The number of hydrogen-bond acceptors (Lipinski definition) is 4. The molecule has 0 fully saturated rings. The lowest BCUT2D eigenvalue weighted by molar-refractivity contribution is -0.132. The zero-order chi connectivity index (χ0) is 21.9. The molecule has 0 radical (unpaired) electrons. The average molecular weight is 407 g/mol. The summed E-state index contributed by atoms with van der Waals surface area (Å²) in [6, 6.07) is 5.84. The van der Waals surface area contributed by atoms with Gasteiger partial charge in [-0.3, -0.25) is 9.59 Å². The fourth-order valence-corrected chi connectivity index (χ4v) is 2.74. The van der Waals surface area contributed by atoms with E-state index in [9.17, 15) is 9.59 Å². The highest BCUT2D eigenvalue weighted by atomic mass is 16.5. The minimum Gasteiger partial charge on any atom is -0.490 e. The number of carbonyl (C=O) groups is 2. The van der Waals surface area contributed by atoms with Crippen LogP contribution < -0.4 is 14.8 Å². The van der Waals surface area contributed by atoms with Gasteiger partial charge in [-0.25, -0.2) is 0 Å². The molecule has 164 valence electrons. The Kier molecular flexibility index (Phi) is 10.6. The molecular formula is C23H38N2O4. The Labute approximate surface area is 175 Å². The smallest absolute Gasteiger partial charge is 0.225 e. The van der Waals surface area contributed by atoms with Gasteiger partial charge in [-0.2, -0.15) is 0 Å². The Morgan fingerprint density at radius 3 is 2.34 bits per heavy atom. The normalized spacial score (nSPS) is 11.1. The zero-order valence-corrected chi connectivity index (χ0v) is 19.0. The molecule has 1 rings (SSSR count). The standard InChI is InChI=1S/C23H38N2O4/c1-7-14-25(21(26)12-13-24-22(27)23(4,5)6)17-18-10-11-19(29-15-8-2)20(16-18)28-9-3/h10-11,16H,7-9,12-15,17H2,1-6H3,(H,24,27). The lowest BCUT2D eigenvalue weighted by atomic mass is 9.96. The van der Waals surface area contributed by atoms with Crippen LogP contribution in [0.3, 0.4) is 0 Å². The average Bonchev–Trinajstić information content (AvgIpc) is 2.66. The third-order valence-electron chi connectivity index (χ3n) is 4.29. The molecule has 0 aliphatic rings. The molecule has 0 heterocycles. The van der Waals surface area contributed by atoms with Gasteiger partial charge >= 0.3 is 0 Å². The van der Waals surface area contributed by atoms with Gasteiger partial charge in [0.2, 0.25) is 11.8 Å². The maximum absolute atomic E-state index is 12.7. The van der Waals surface area contributed by atoms with Crippen molar-refractivity contribution in [2.45, 2.75) is 67.3 Å². The second-order valence-electron chi connectivity index (χ2n) is 8.13. The first kappa shape index (κ1) is 24.8. The molecule has 0 aromatic heterocycles. The Morgan fingerprint density at radius 2 is 1.76 bits per heavy atom. The predicted molar refractivity (Wildman–Crippen MR) is 116 cm³/mol. The molecule has 0 aliphatic carbocycles. The first-order valence-electron chi connectivity index (χ1n) is 10.7. The van der Waals surface area contributed by atoms with Crippen LogP contribution in [0.1, 0.15) is 66.4 Å². The molecule has 0 spiro atoms. The maximum atomic E-state index is 12.7. The largest absolute Gasteiger partial charge is 0.490 e. The van der Waals surface area contributed by atoms with Crippen molar-refractivity contribution in [3.8, 4) is 11.5 Å². The van der Waals surface area contributed by atoms with Crippen LogP contribution in [0.25, 0.3) is 0 Å². The molecule has 0 aliphatic heterocycles. The highest BCUT2D eigenvalue weighted by Crippen LogP contribution is 2.29. The molecule has 1 aromatic carbocycles. The van der Waals surface area contributed by atoms with E-state index in [-0.39, 0.29) is 18.2 Å². The summed E-state index contributed by atoms with van der Waals surface area (Å²) < 4.78 is 11.5. The van der Waals surface area contributed by atoms with E-state index in [2.05, 4.69) is 19.2 Å². The number of nitrogens with one attached hydrogen (secondary N) is 1. The predicted octanol–water partition coefficient (Wildman–Crippen LogP) is 4.17. The third-order valence-corrected chi connectivity index (χ3v) is 4.29. The van der Waals surface area contributed by atoms with Crippen LogP contribution in [0.15, 0.2) is 18.2 Å². The van der Waals surface area contributed by atoms with Gasteiger partial charge in [0.1, 0.15) is 0 Å². The number of nitrogens with zero attached hydrogens (tertiary/aromatic N) is 1. The van der Waals surface area contributed by atoms with Crippen molar-refractivity contribution in [1.82, 2.24) is 10.2 Å². The van der Waals surface area contributed by atoms with Gasteiger partial charge in [-0.15, -0.1) is 0 Å². The molecule has 6 nitrogen and oxygen atoms in total. The van der Waals surface area contributed by atoms with Gasteiger partial charge in [-0.05, 0) is 37.5 Å². The van der Waals surface area contributed by atoms with Crippen molar-refractivity contribution >= 4 is 11.8 Å². The molecule has 1 N–H and O–H groups in total. The number of rotatable bonds is 12. The second kappa shape index (κ2) is 12.3. The minimum atomic E-state index is -0.455. The van der Waals surface area contributed by atoms with Crippen LogP contribution >= 0.6 is 0 Å². The molecular weight excluding hydrogens is 368 g/mol. The van der Waals surface area contributed by atoms with E-state index < -0.39 is 5.41 Å². The van der Waals surface area contributed by atoms with Crippen LogP contribution in [-0.4, -0.2) is 43.0 Å². The van der Waals surface area contributed by atoms with Crippen LogP contribution in [0, 0.1) is 5.41 Å². The van der Waals surface area contributed by atoms with Crippen LogP contribution in [0.4, 0.5) is 0 Å². The van der Waals surface area contributed by atoms with Crippen molar-refractivity contribution in [3.63, 3.8) is 0 Å². The summed E-state index contributed by atoms with van der Waals surface area (Å²) in [7, 11) is 0. The second-order valence-corrected chi connectivity index (χ2v) is 8.13. The monoisotopic (exact) mass is 406 g/mol. The van der Waals surface area contributed by atoms with Crippen LogP contribution in [-0.2, 0) is 16.1 Å². The Balaban J connectivity index is 2.77. The van der Waals surface area contributed by atoms with E-state index in [1.165, 1.54) is 0 Å². The number of carbonyl (C=O) groups excluding carboxylic acids is 2. The fraction of sp³-hybridized carbons (Fsp3) is 0.652. The summed E-state index contributed by atoms with van der Waals surface area (Å²) in [5.74, 6) is 1.43. The van der Waals surface area contributed by atoms with Crippen molar-refractivity contribution < 1.29 is 19.1 Å². The van der Waals surface area contributed by atoms with Crippen molar-refractivity contribution in [2.24, 2.45) is 5.41 Å². The van der Waals surface area contributed by atoms with Crippen molar-refractivity contribution in [2.75, 3.05) is 26.3 Å². The molecule has 29 heavy (non-hydrogen) atoms. The topological polar surface area (TPSA) is 67.9 Å². The molecule has 0 saturated carbocycles. The SMILES string of the molecule is CCCOc1ccc(CN(CCC)C(=O)CCNC(=O)C(C)(C)C)cc1OCC. The molecule has 0 bridgehead atoms. The fourth-order valence-electron chi connectivity index (χ4n) is 2.74. The highest BCUT2D eigenvalue weighted by Gasteiger charge is 2.21. The van der Waals surface area contributed by atoms with E-state index in [1.54, 1.807) is 0 Å². The zero-order valence-electron chi connectivity index (χ0n) is 19.0. The Hall–Kier alpha value is -2.24. The van der Waals surface area contributed by atoms with Crippen molar-refractivity contribution in [3.05, 3.63) is 23.8 Å². The van der Waals surface area contributed by atoms with E-state index >= 15 is 0 Å². The lowest BCUT2D eigenvalue weighted by Crippen LogP contribution is -2.38. The summed E-state index contributed by atoms with van der Waals surface area (Å²) in [5.41, 5.74) is 0.543. The maximum Gasteiger partial charge on any atom is 0.225 e. The number of ether oxygens (including phenoxy) is 2. The lowest BCUT2D eigenvalue weighted by Gasteiger charge is -2.24. The third kappa shape index (κ3) is 8.75. The van der Waals surface area contributed by atoms with E-state index in [0.717, 1.165) is 24.2 Å². The van der Waals surface area contributed by atoms with Gasteiger partial charge in [-0.1, -0.05) is 40.7 Å². The highest BCUT2D eigenvalue weighted by molar-refractivity contribution is 5.82. The van der Waals surface area contributed by atoms with E-state index in [4.69, 9.17) is 9.47 Å². The molecule has 1 aromatic rings. The van der Waals surface area contributed by atoms with Gasteiger partial charge in [0.15, 0.2) is 11.5 Å². The Morgan fingerprint density at radius 1 is 1.03 bits per heavy atom. The van der Waals surface area contributed by atoms with Crippen molar-refractivity contribution in [1.29, 1.82) is 0 Å². The number of benzene rings is 1. The first-order valence-corrected chi connectivity index (χ1v) is 10.7. The van der Waals surface area contributed by atoms with Gasteiger partial charge in [0.25, 0.3) is 0 Å². The molecule has 0 unspecified atom stereocenters. The first-order chi connectivity index (χ1) is 13.7. The number of hydrogen-bond donors (Lipinski definition) is 1. The van der Waals surface area contributed by atoms with Crippen LogP contribution in [0.5, 0.6) is 11.5 Å². The summed E-state index contributed by atoms with van der Waals surface area (Å²) in [6.07, 6.45) is 2.09. The number of amides is 2. The van der Waals surface area contributed by atoms with Gasteiger partial charge in [0.05, 0.1) is 13.2 Å². The summed E-state index contributed by atoms with van der Waals surface area (Å²) in [4.78, 5) is 26.5. The molecule has 0 atom stereocenters. The Bertz CT molecular complexity index is 653. The molecule has 6 heteroatoms. The van der Waals surface area contributed by atoms with E-state index in [0.29, 0.717) is 38.6 Å². The molecule has 2 amide bonds. The quantitative estimate of drug-likeness (QED) is 0.566. The summed E-state index contributed by atoms with van der Waals surface area (Å²) >= 11 is 0. The summed E-state index contributed by atoms with van der Waals surface area (Å²) in [5, 5.41) is 2.84. The molecule has 0 saturated heterocycles.